The van der Waals surface area contributed by atoms with Gasteiger partial charge in [-0.25, -0.2) is 9.97 Å². The number of methoxy groups -OCH3 is 3. The summed E-state index contributed by atoms with van der Waals surface area (Å²) in [6.45, 7) is 2.17. The summed E-state index contributed by atoms with van der Waals surface area (Å²) in [5, 5.41) is 14.7. The molecule has 8 nitrogen and oxygen atoms in total. The van der Waals surface area contributed by atoms with Gasteiger partial charge in [0, 0.05) is 36.7 Å². The van der Waals surface area contributed by atoms with Crippen LogP contribution in [0.5, 0.6) is 23.0 Å². The fourth-order valence-corrected chi connectivity index (χ4v) is 3.71. The van der Waals surface area contributed by atoms with Crippen LogP contribution in [-0.2, 0) is 0 Å². The number of nitrogens with zero attached hydrogens (tertiary/aromatic N) is 3. The molecule has 1 aromatic heterocycles. The predicted molar refractivity (Wildman–Crippen MR) is 110 cm³/mol. The Morgan fingerprint density at radius 1 is 1.03 bits per heavy atom. The molecule has 1 saturated heterocycles. The molecule has 0 bridgehead atoms. The molecule has 2 heterocycles. The first-order chi connectivity index (χ1) is 14.1. The van der Waals surface area contributed by atoms with Gasteiger partial charge in [0.25, 0.3) is 0 Å². The van der Waals surface area contributed by atoms with E-state index in [4.69, 9.17) is 14.2 Å². The van der Waals surface area contributed by atoms with Crippen LogP contribution in [0.3, 0.4) is 0 Å². The zero-order valence-electron chi connectivity index (χ0n) is 16.7. The van der Waals surface area contributed by atoms with Crippen molar-refractivity contribution in [2.75, 3.05) is 45.9 Å². The van der Waals surface area contributed by atoms with Crippen molar-refractivity contribution in [3.05, 3.63) is 42.2 Å². The molecule has 1 aliphatic heterocycles. The van der Waals surface area contributed by atoms with E-state index >= 15 is 0 Å². The third-order valence-corrected chi connectivity index (χ3v) is 5.20. The molecule has 0 aliphatic carbocycles. The summed E-state index contributed by atoms with van der Waals surface area (Å²) >= 11 is 0. The third-order valence-electron chi connectivity index (χ3n) is 5.20. The highest BCUT2D eigenvalue weighted by atomic mass is 16.5. The van der Waals surface area contributed by atoms with Crippen molar-refractivity contribution in [3.63, 3.8) is 0 Å². The molecule has 2 N–H and O–H groups in total. The third kappa shape index (κ3) is 3.58. The summed E-state index contributed by atoms with van der Waals surface area (Å²) in [5.74, 6) is 3.03. The fraction of sp³-hybridized carbons (Fsp3) is 0.333. The molecule has 1 unspecified atom stereocenters. The van der Waals surface area contributed by atoms with E-state index in [1.54, 1.807) is 39.8 Å². The van der Waals surface area contributed by atoms with Crippen LogP contribution in [0.4, 0.5) is 5.82 Å². The monoisotopic (exact) mass is 396 g/mol. The van der Waals surface area contributed by atoms with E-state index in [9.17, 15) is 5.11 Å². The van der Waals surface area contributed by atoms with Gasteiger partial charge in [-0.3, -0.25) is 0 Å². The lowest BCUT2D eigenvalue weighted by Gasteiger charge is -2.35. The van der Waals surface area contributed by atoms with Crippen molar-refractivity contribution in [2.24, 2.45) is 0 Å². The Hall–Kier alpha value is -3.26. The Balaban J connectivity index is 1.71. The van der Waals surface area contributed by atoms with Crippen molar-refractivity contribution in [1.82, 2.24) is 15.3 Å². The van der Waals surface area contributed by atoms with E-state index < -0.39 is 0 Å². The summed E-state index contributed by atoms with van der Waals surface area (Å²) in [7, 11) is 4.83. The van der Waals surface area contributed by atoms with Crippen LogP contribution in [-0.4, -0.2) is 56.0 Å². The topological polar surface area (TPSA) is 89.0 Å². The highest BCUT2D eigenvalue weighted by molar-refractivity contribution is 5.92. The van der Waals surface area contributed by atoms with Crippen molar-refractivity contribution >= 4 is 16.7 Å². The van der Waals surface area contributed by atoms with Crippen molar-refractivity contribution in [1.29, 1.82) is 0 Å². The van der Waals surface area contributed by atoms with Crippen molar-refractivity contribution in [3.8, 4) is 23.0 Å². The number of phenols is 1. The molecule has 0 amide bonds. The van der Waals surface area contributed by atoms with Gasteiger partial charge in [0.05, 0.1) is 32.9 Å². The maximum Gasteiger partial charge on any atom is 0.162 e. The van der Waals surface area contributed by atoms with Crippen LogP contribution in [0.1, 0.15) is 11.6 Å². The Morgan fingerprint density at radius 2 is 1.83 bits per heavy atom. The number of rotatable bonds is 5. The first kappa shape index (κ1) is 19.1. The highest BCUT2D eigenvalue weighted by Gasteiger charge is 2.26. The quantitative estimate of drug-likeness (QED) is 0.680. The number of ether oxygens (including phenoxy) is 3. The van der Waals surface area contributed by atoms with Gasteiger partial charge in [-0.05, 0) is 24.3 Å². The molecule has 0 radical (unpaired) electrons. The first-order valence-electron chi connectivity index (χ1n) is 9.36. The number of benzene rings is 2. The molecule has 1 atom stereocenters. The van der Waals surface area contributed by atoms with Gasteiger partial charge in [0.15, 0.2) is 11.5 Å². The minimum atomic E-state index is -0.0657. The average molecular weight is 396 g/mol. The zero-order chi connectivity index (χ0) is 20.4. The maximum absolute atomic E-state index is 10.4. The van der Waals surface area contributed by atoms with E-state index in [0.29, 0.717) is 23.8 Å². The lowest BCUT2D eigenvalue weighted by molar-refractivity contribution is 0.355. The van der Waals surface area contributed by atoms with Crippen LogP contribution in [0, 0.1) is 0 Å². The van der Waals surface area contributed by atoms with Gasteiger partial charge in [-0.15, -0.1) is 0 Å². The number of phenolic OH excluding ortho intramolecular Hbond substituents is 1. The van der Waals surface area contributed by atoms with Crippen LogP contribution in [0.2, 0.25) is 0 Å². The highest BCUT2D eigenvalue weighted by Crippen LogP contribution is 2.36. The van der Waals surface area contributed by atoms with Crippen molar-refractivity contribution < 1.29 is 19.3 Å². The molecule has 1 fully saturated rings. The molecule has 152 valence electrons. The number of aromatic nitrogens is 2. The van der Waals surface area contributed by atoms with Gasteiger partial charge in [-0.2, -0.15) is 0 Å². The van der Waals surface area contributed by atoms with E-state index in [-0.39, 0.29) is 11.8 Å². The predicted octanol–water partition coefficient (Wildman–Crippen LogP) is 2.51. The Morgan fingerprint density at radius 3 is 2.59 bits per heavy atom. The summed E-state index contributed by atoms with van der Waals surface area (Å²) in [4.78, 5) is 11.1. The Kier molecular flexibility index (Phi) is 5.26. The van der Waals surface area contributed by atoms with Crippen LogP contribution >= 0.6 is 0 Å². The number of hydrogen-bond donors (Lipinski definition) is 2. The molecule has 0 spiro atoms. The van der Waals surface area contributed by atoms with Gasteiger partial charge < -0.3 is 29.5 Å². The van der Waals surface area contributed by atoms with Gasteiger partial charge in [-0.1, -0.05) is 0 Å². The maximum atomic E-state index is 10.4. The Bertz CT molecular complexity index is 1030. The van der Waals surface area contributed by atoms with E-state index in [2.05, 4.69) is 20.2 Å². The van der Waals surface area contributed by atoms with Crippen LogP contribution in [0.15, 0.2) is 36.7 Å². The van der Waals surface area contributed by atoms with E-state index in [1.165, 1.54) is 0 Å². The van der Waals surface area contributed by atoms with E-state index in [1.807, 2.05) is 18.2 Å². The standard InChI is InChI=1S/C21H24N4O4/c1-27-13-4-5-18(26)14(8-13)17-11-25(7-6-22-17)21-15-9-19(28-2)20(29-3)10-16(15)23-12-24-21/h4-5,8-10,12,17,22,26H,6-7,11H2,1-3H3. The molecule has 4 rings (SSSR count). The second-order valence-electron chi connectivity index (χ2n) is 6.80. The number of aromatic hydroxyl groups is 1. The lowest BCUT2D eigenvalue weighted by atomic mass is 10.0. The average Bonchev–Trinajstić information content (AvgIpc) is 2.78. The van der Waals surface area contributed by atoms with Gasteiger partial charge in [0.2, 0.25) is 0 Å². The molecular formula is C21H24N4O4. The fourth-order valence-electron chi connectivity index (χ4n) is 3.71. The largest absolute Gasteiger partial charge is 0.508 e. The molecule has 8 heteroatoms. The second kappa shape index (κ2) is 8.00. The zero-order valence-corrected chi connectivity index (χ0v) is 16.7. The lowest BCUT2D eigenvalue weighted by Crippen LogP contribution is -2.46. The molecule has 29 heavy (non-hydrogen) atoms. The number of hydrogen-bond acceptors (Lipinski definition) is 8. The minimum Gasteiger partial charge on any atom is -0.508 e. The smallest absolute Gasteiger partial charge is 0.162 e. The first-order valence-corrected chi connectivity index (χ1v) is 9.36. The number of anilines is 1. The minimum absolute atomic E-state index is 0.0657. The number of nitrogens with one attached hydrogen (secondary N) is 1. The number of piperazine rings is 1. The molecule has 0 saturated carbocycles. The SMILES string of the molecule is COc1ccc(O)c(C2CN(c3ncnc4cc(OC)c(OC)cc34)CCN2)c1. The van der Waals surface area contributed by atoms with Crippen molar-refractivity contribution in [2.45, 2.75) is 6.04 Å². The molecule has 3 aromatic rings. The summed E-state index contributed by atoms with van der Waals surface area (Å²) < 4.78 is 16.2. The Labute approximate surface area is 169 Å². The normalized spacial score (nSPS) is 16.7. The summed E-state index contributed by atoms with van der Waals surface area (Å²) in [6, 6.07) is 8.96. The molecular weight excluding hydrogens is 372 g/mol. The second-order valence-corrected chi connectivity index (χ2v) is 6.80. The van der Waals surface area contributed by atoms with Crippen LogP contribution in [0.25, 0.3) is 10.9 Å². The van der Waals surface area contributed by atoms with Gasteiger partial charge in [0.1, 0.15) is 23.6 Å². The molecule has 1 aliphatic rings. The van der Waals surface area contributed by atoms with E-state index in [0.717, 1.165) is 35.4 Å². The summed E-state index contributed by atoms with van der Waals surface area (Å²) in [5.41, 5.74) is 1.58. The van der Waals surface area contributed by atoms with Gasteiger partial charge >= 0.3 is 0 Å². The van der Waals surface area contributed by atoms with Crippen LogP contribution < -0.4 is 24.4 Å². The summed E-state index contributed by atoms with van der Waals surface area (Å²) in [6.07, 6.45) is 1.56. The number of fused-ring (bicyclic) bond motifs is 1. The molecule has 2 aromatic carbocycles.